The van der Waals surface area contributed by atoms with Crippen molar-refractivity contribution in [2.75, 3.05) is 6.54 Å². The zero-order valence-electron chi connectivity index (χ0n) is 12.6. The summed E-state index contributed by atoms with van der Waals surface area (Å²) in [6.07, 6.45) is 2.06. The number of rotatable bonds is 6. The Hall–Kier alpha value is -1.58. The fourth-order valence-electron chi connectivity index (χ4n) is 2.45. The molecule has 3 heteroatoms. The van der Waals surface area contributed by atoms with Crippen molar-refractivity contribution in [1.82, 2.24) is 9.47 Å². The van der Waals surface area contributed by atoms with Gasteiger partial charge in [-0.2, -0.15) is 0 Å². The molecule has 0 saturated carbocycles. The maximum atomic E-state index is 10.1. The van der Waals surface area contributed by atoms with Gasteiger partial charge in [0, 0.05) is 38.6 Å². The third-order valence-corrected chi connectivity index (χ3v) is 3.30. The van der Waals surface area contributed by atoms with E-state index in [4.69, 9.17) is 0 Å². The van der Waals surface area contributed by atoms with Crippen LogP contribution in [0.25, 0.3) is 0 Å². The summed E-state index contributed by atoms with van der Waals surface area (Å²) in [4.78, 5) is 2.28. The first-order valence-corrected chi connectivity index (χ1v) is 7.03. The van der Waals surface area contributed by atoms with Gasteiger partial charge in [-0.25, -0.2) is 0 Å². The average molecular weight is 272 g/mol. The van der Waals surface area contributed by atoms with Crippen LogP contribution in [0, 0.1) is 0 Å². The molecule has 2 aromatic rings. The molecule has 0 saturated heterocycles. The van der Waals surface area contributed by atoms with E-state index in [-0.39, 0.29) is 0 Å². The van der Waals surface area contributed by atoms with Crippen molar-refractivity contribution in [3.8, 4) is 0 Å². The summed E-state index contributed by atoms with van der Waals surface area (Å²) in [6, 6.07) is 14.6. The fourth-order valence-corrected chi connectivity index (χ4v) is 2.45. The highest BCUT2D eigenvalue weighted by Gasteiger charge is 2.19. The van der Waals surface area contributed by atoms with Crippen molar-refractivity contribution >= 4 is 0 Å². The summed E-state index contributed by atoms with van der Waals surface area (Å²) in [5.41, 5.74) is 1.83. The van der Waals surface area contributed by atoms with E-state index < -0.39 is 5.60 Å². The molecule has 0 amide bonds. The van der Waals surface area contributed by atoms with E-state index in [1.807, 2.05) is 19.9 Å². The number of hydrogen-bond donors (Lipinski definition) is 1. The lowest BCUT2D eigenvalue weighted by atomic mass is 10.1. The molecular formula is C17H24N2O. The molecule has 3 nitrogen and oxygen atoms in total. The summed E-state index contributed by atoms with van der Waals surface area (Å²) in [6.45, 7) is 6.04. The smallest absolute Gasteiger partial charge is 0.0718 e. The van der Waals surface area contributed by atoms with Gasteiger partial charge in [0.2, 0.25) is 0 Å². The molecule has 0 radical (unpaired) electrons. The SMILES string of the molecule is Cn1cccc1CN(Cc1ccccc1)CC(C)(C)O. The van der Waals surface area contributed by atoms with E-state index >= 15 is 0 Å². The van der Waals surface area contributed by atoms with Crippen molar-refractivity contribution in [2.45, 2.75) is 32.5 Å². The second-order valence-corrected chi connectivity index (χ2v) is 6.05. The van der Waals surface area contributed by atoms with E-state index in [1.54, 1.807) is 0 Å². The maximum Gasteiger partial charge on any atom is 0.0718 e. The molecule has 0 fully saturated rings. The Kier molecular flexibility index (Phi) is 4.63. The van der Waals surface area contributed by atoms with Crippen molar-refractivity contribution in [2.24, 2.45) is 7.05 Å². The van der Waals surface area contributed by atoms with Gasteiger partial charge in [0.25, 0.3) is 0 Å². The summed E-state index contributed by atoms with van der Waals surface area (Å²) < 4.78 is 2.13. The monoisotopic (exact) mass is 272 g/mol. The first-order chi connectivity index (χ1) is 9.44. The molecule has 20 heavy (non-hydrogen) atoms. The molecule has 1 heterocycles. The van der Waals surface area contributed by atoms with E-state index in [9.17, 15) is 5.11 Å². The van der Waals surface area contributed by atoms with Gasteiger partial charge in [-0.15, -0.1) is 0 Å². The van der Waals surface area contributed by atoms with Crippen LogP contribution < -0.4 is 0 Å². The van der Waals surface area contributed by atoms with Gasteiger partial charge in [-0.1, -0.05) is 30.3 Å². The Labute approximate surface area is 121 Å². The molecule has 0 aliphatic heterocycles. The summed E-state index contributed by atoms with van der Waals surface area (Å²) in [5.74, 6) is 0. The van der Waals surface area contributed by atoms with E-state index in [2.05, 4.69) is 59.1 Å². The molecule has 1 aromatic heterocycles. The first-order valence-electron chi connectivity index (χ1n) is 7.03. The summed E-state index contributed by atoms with van der Waals surface area (Å²) in [7, 11) is 2.06. The minimum Gasteiger partial charge on any atom is -0.389 e. The number of benzene rings is 1. The minimum absolute atomic E-state index is 0.646. The van der Waals surface area contributed by atoms with Gasteiger partial charge in [0.05, 0.1) is 5.60 Å². The average Bonchev–Trinajstić information content (AvgIpc) is 2.74. The quantitative estimate of drug-likeness (QED) is 0.876. The topological polar surface area (TPSA) is 28.4 Å². The van der Waals surface area contributed by atoms with Crippen LogP contribution in [0.5, 0.6) is 0 Å². The van der Waals surface area contributed by atoms with Crippen molar-refractivity contribution in [3.63, 3.8) is 0 Å². The fraction of sp³-hybridized carbons (Fsp3) is 0.412. The maximum absolute atomic E-state index is 10.1. The molecular weight excluding hydrogens is 248 g/mol. The Balaban J connectivity index is 2.10. The van der Waals surface area contributed by atoms with Gasteiger partial charge in [0.15, 0.2) is 0 Å². The van der Waals surface area contributed by atoms with Crippen molar-refractivity contribution in [1.29, 1.82) is 0 Å². The lowest BCUT2D eigenvalue weighted by Crippen LogP contribution is -2.38. The first kappa shape index (κ1) is 14.8. The largest absolute Gasteiger partial charge is 0.389 e. The highest BCUT2D eigenvalue weighted by atomic mass is 16.3. The lowest BCUT2D eigenvalue weighted by Gasteiger charge is -2.29. The van der Waals surface area contributed by atoms with E-state index in [0.29, 0.717) is 6.54 Å². The van der Waals surface area contributed by atoms with Gasteiger partial charge < -0.3 is 9.67 Å². The molecule has 0 aliphatic rings. The van der Waals surface area contributed by atoms with Crippen LogP contribution in [0.15, 0.2) is 48.7 Å². The Morgan fingerprint density at radius 1 is 1.05 bits per heavy atom. The van der Waals surface area contributed by atoms with Crippen LogP contribution in [-0.4, -0.2) is 26.7 Å². The number of aliphatic hydroxyl groups is 1. The number of aryl methyl sites for hydroxylation is 1. The van der Waals surface area contributed by atoms with Crippen molar-refractivity contribution in [3.05, 3.63) is 59.9 Å². The Bertz CT molecular complexity index is 525. The Morgan fingerprint density at radius 3 is 2.30 bits per heavy atom. The predicted molar refractivity (Wildman–Crippen MR) is 82.3 cm³/mol. The molecule has 0 bridgehead atoms. The molecule has 0 unspecified atom stereocenters. The second-order valence-electron chi connectivity index (χ2n) is 6.05. The normalized spacial score (nSPS) is 12.1. The van der Waals surface area contributed by atoms with Crippen LogP contribution in [-0.2, 0) is 20.1 Å². The van der Waals surface area contributed by atoms with E-state index in [0.717, 1.165) is 13.1 Å². The van der Waals surface area contributed by atoms with Crippen LogP contribution >= 0.6 is 0 Å². The minimum atomic E-state index is -0.694. The van der Waals surface area contributed by atoms with Crippen LogP contribution in [0.2, 0.25) is 0 Å². The molecule has 0 spiro atoms. The molecule has 0 aliphatic carbocycles. The summed E-state index contributed by atoms with van der Waals surface area (Å²) in [5, 5.41) is 10.1. The number of aromatic nitrogens is 1. The van der Waals surface area contributed by atoms with Crippen LogP contribution in [0.1, 0.15) is 25.1 Å². The molecule has 108 valence electrons. The van der Waals surface area contributed by atoms with Gasteiger partial charge in [-0.3, -0.25) is 4.90 Å². The highest BCUT2D eigenvalue weighted by molar-refractivity contribution is 5.15. The van der Waals surface area contributed by atoms with E-state index in [1.165, 1.54) is 11.3 Å². The number of nitrogens with zero attached hydrogens (tertiary/aromatic N) is 2. The van der Waals surface area contributed by atoms with Gasteiger partial charge in [0.1, 0.15) is 0 Å². The third-order valence-electron chi connectivity index (χ3n) is 3.30. The molecule has 0 atom stereocenters. The molecule has 1 N–H and O–H groups in total. The third kappa shape index (κ3) is 4.51. The standard InChI is InChI=1S/C17H24N2O/c1-17(2,20)14-19(12-15-8-5-4-6-9-15)13-16-10-7-11-18(16)3/h4-11,20H,12-14H2,1-3H3. The molecule has 1 aromatic carbocycles. The van der Waals surface area contributed by atoms with Crippen LogP contribution in [0.4, 0.5) is 0 Å². The summed E-state index contributed by atoms with van der Waals surface area (Å²) >= 11 is 0. The highest BCUT2D eigenvalue weighted by Crippen LogP contribution is 2.14. The predicted octanol–water partition coefficient (Wildman–Crippen LogP) is 2.80. The lowest BCUT2D eigenvalue weighted by molar-refractivity contribution is 0.0300. The van der Waals surface area contributed by atoms with Gasteiger partial charge >= 0.3 is 0 Å². The van der Waals surface area contributed by atoms with Crippen LogP contribution in [0.3, 0.4) is 0 Å². The zero-order valence-corrected chi connectivity index (χ0v) is 12.6. The second kappa shape index (κ2) is 6.25. The van der Waals surface area contributed by atoms with Gasteiger partial charge in [-0.05, 0) is 31.5 Å². The zero-order chi connectivity index (χ0) is 14.6. The number of hydrogen-bond acceptors (Lipinski definition) is 2. The molecule has 2 rings (SSSR count). The van der Waals surface area contributed by atoms with Crippen molar-refractivity contribution < 1.29 is 5.11 Å². The Morgan fingerprint density at radius 2 is 1.75 bits per heavy atom.